The largest absolute Gasteiger partial charge is 0.481 e. The van der Waals surface area contributed by atoms with Crippen molar-refractivity contribution in [2.24, 2.45) is 0 Å². The first-order chi connectivity index (χ1) is 9.08. The Morgan fingerprint density at radius 1 is 1.16 bits per heavy atom. The van der Waals surface area contributed by atoms with E-state index >= 15 is 0 Å². The molecule has 0 saturated heterocycles. The van der Waals surface area contributed by atoms with Gasteiger partial charge in [-0.05, 0) is 48.6 Å². The first-order valence-corrected chi connectivity index (χ1v) is 6.31. The van der Waals surface area contributed by atoms with Crippen LogP contribution in [0.2, 0.25) is 0 Å². The summed E-state index contributed by atoms with van der Waals surface area (Å²) in [5.74, 6) is -0.760. The van der Waals surface area contributed by atoms with Crippen molar-refractivity contribution in [2.45, 2.75) is 26.7 Å². The van der Waals surface area contributed by atoms with E-state index in [0.29, 0.717) is 6.42 Å². The van der Waals surface area contributed by atoms with E-state index < -0.39 is 5.97 Å². The molecule has 0 unspecified atom stereocenters. The molecule has 19 heavy (non-hydrogen) atoms. The van der Waals surface area contributed by atoms with Crippen LogP contribution in [0.5, 0.6) is 0 Å². The third kappa shape index (κ3) is 3.19. The first-order valence-electron chi connectivity index (χ1n) is 6.31. The van der Waals surface area contributed by atoms with Gasteiger partial charge in [0.05, 0.1) is 0 Å². The van der Waals surface area contributed by atoms with Crippen molar-refractivity contribution in [3.05, 3.63) is 53.3 Å². The van der Waals surface area contributed by atoms with Crippen LogP contribution in [-0.2, 0) is 11.2 Å². The van der Waals surface area contributed by atoms with Gasteiger partial charge in [-0.1, -0.05) is 24.3 Å². The maximum atomic E-state index is 10.5. The van der Waals surface area contributed by atoms with Crippen LogP contribution >= 0.6 is 0 Å². The van der Waals surface area contributed by atoms with Crippen molar-refractivity contribution in [3.8, 4) is 11.1 Å². The Hall–Kier alpha value is -2.16. The van der Waals surface area contributed by atoms with Crippen LogP contribution in [0.25, 0.3) is 11.1 Å². The fraction of sp³-hybridized carbons (Fsp3) is 0.250. The van der Waals surface area contributed by atoms with E-state index in [1.165, 1.54) is 11.1 Å². The summed E-state index contributed by atoms with van der Waals surface area (Å²) in [5, 5.41) is 8.67. The van der Waals surface area contributed by atoms with Crippen molar-refractivity contribution in [1.82, 2.24) is 4.98 Å². The minimum atomic E-state index is -0.760. The number of aromatic nitrogens is 1. The average Bonchev–Trinajstić information content (AvgIpc) is 2.40. The lowest BCUT2D eigenvalue weighted by Gasteiger charge is -2.08. The number of carboxylic acid groups (broad SMARTS) is 1. The number of pyridine rings is 1. The number of hydrogen-bond acceptors (Lipinski definition) is 2. The molecule has 3 heteroatoms. The van der Waals surface area contributed by atoms with Crippen LogP contribution in [0.15, 0.2) is 36.5 Å². The van der Waals surface area contributed by atoms with E-state index in [-0.39, 0.29) is 6.42 Å². The van der Waals surface area contributed by atoms with Crippen molar-refractivity contribution < 1.29 is 9.90 Å². The van der Waals surface area contributed by atoms with Gasteiger partial charge >= 0.3 is 5.97 Å². The lowest BCUT2D eigenvalue weighted by molar-refractivity contribution is -0.136. The minimum Gasteiger partial charge on any atom is -0.481 e. The summed E-state index contributed by atoms with van der Waals surface area (Å²) in [5.41, 5.74) is 5.59. The highest BCUT2D eigenvalue weighted by Gasteiger charge is 2.05. The fourth-order valence-electron chi connectivity index (χ4n) is 2.06. The van der Waals surface area contributed by atoms with Gasteiger partial charge in [0.2, 0.25) is 0 Å². The summed E-state index contributed by atoms with van der Waals surface area (Å²) in [7, 11) is 0. The van der Waals surface area contributed by atoms with Crippen LogP contribution in [0.1, 0.15) is 23.2 Å². The smallest absolute Gasteiger partial charge is 0.303 e. The molecule has 98 valence electrons. The lowest BCUT2D eigenvalue weighted by Crippen LogP contribution is -1.97. The molecule has 1 aromatic carbocycles. The highest BCUT2D eigenvalue weighted by molar-refractivity contribution is 5.68. The molecule has 3 nitrogen and oxygen atoms in total. The van der Waals surface area contributed by atoms with Crippen LogP contribution in [-0.4, -0.2) is 16.1 Å². The molecular formula is C16H17NO2. The first kappa shape index (κ1) is 13.3. The molecular weight excluding hydrogens is 238 g/mol. The third-order valence-corrected chi connectivity index (χ3v) is 3.35. The zero-order chi connectivity index (χ0) is 13.8. The van der Waals surface area contributed by atoms with E-state index in [9.17, 15) is 4.79 Å². The zero-order valence-electron chi connectivity index (χ0n) is 11.2. The number of aliphatic carboxylic acids is 1. The summed E-state index contributed by atoms with van der Waals surface area (Å²) >= 11 is 0. The van der Waals surface area contributed by atoms with Gasteiger partial charge < -0.3 is 5.11 Å². The van der Waals surface area contributed by atoms with E-state index in [2.05, 4.69) is 11.9 Å². The molecule has 0 atom stereocenters. The van der Waals surface area contributed by atoms with Crippen LogP contribution in [0, 0.1) is 13.8 Å². The zero-order valence-corrected chi connectivity index (χ0v) is 11.2. The predicted molar refractivity (Wildman–Crippen MR) is 75.1 cm³/mol. The maximum Gasteiger partial charge on any atom is 0.303 e. The highest BCUT2D eigenvalue weighted by Crippen LogP contribution is 2.24. The molecule has 0 saturated carbocycles. The third-order valence-electron chi connectivity index (χ3n) is 3.35. The molecule has 2 aromatic rings. The van der Waals surface area contributed by atoms with Crippen LogP contribution < -0.4 is 0 Å². The quantitative estimate of drug-likeness (QED) is 0.911. The fourth-order valence-corrected chi connectivity index (χ4v) is 2.06. The molecule has 0 aliphatic heterocycles. The maximum absolute atomic E-state index is 10.5. The predicted octanol–water partition coefficient (Wildman–Crippen LogP) is 3.38. The molecule has 0 aliphatic carbocycles. The Labute approximate surface area is 112 Å². The number of benzene rings is 1. The monoisotopic (exact) mass is 255 g/mol. The summed E-state index contributed by atoms with van der Waals surface area (Å²) in [4.78, 5) is 14.8. The number of aryl methyl sites for hydroxylation is 2. The Kier molecular flexibility index (Phi) is 3.95. The highest BCUT2D eigenvalue weighted by atomic mass is 16.4. The van der Waals surface area contributed by atoms with Gasteiger partial charge in [0.25, 0.3) is 0 Å². The molecule has 0 fully saturated rings. The summed E-state index contributed by atoms with van der Waals surface area (Å²) in [6.45, 7) is 4.07. The van der Waals surface area contributed by atoms with Gasteiger partial charge in [-0.25, -0.2) is 0 Å². The van der Waals surface area contributed by atoms with Crippen molar-refractivity contribution in [1.29, 1.82) is 0 Å². The van der Waals surface area contributed by atoms with Crippen molar-refractivity contribution in [2.75, 3.05) is 0 Å². The van der Waals surface area contributed by atoms with E-state index in [0.717, 1.165) is 16.8 Å². The van der Waals surface area contributed by atoms with Crippen LogP contribution in [0.4, 0.5) is 0 Å². The van der Waals surface area contributed by atoms with Crippen LogP contribution in [0.3, 0.4) is 0 Å². The average molecular weight is 255 g/mol. The standard InChI is InChI=1S/C16H17NO2/c1-11-12(2)17-10-9-15(11)14-6-3-13(4-7-14)5-8-16(18)19/h3-4,6-7,9-10H,5,8H2,1-2H3,(H,18,19). The molecule has 0 aliphatic rings. The van der Waals surface area contributed by atoms with Gasteiger partial charge in [0, 0.05) is 18.3 Å². The Morgan fingerprint density at radius 2 is 1.84 bits per heavy atom. The number of carbonyl (C=O) groups is 1. The molecule has 1 N–H and O–H groups in total. The second-order valence-electron chi connectivity index (χ2n) is 4.66. The molecule has 0 spiro atoms. The molecule has 0 radical (unpaired) electrons. The van der Waals surface area contributed by atoms with Gasteiger partial charge in [-0.15, -0.1) is 0 Å². The molecule has 1 heterocycles. The second kappa shape index (κ2) is 5.65. The summed E-state index contributed by atoms with van der Waals surface area (Å²) < 4.78 is 0. The van der Waals surface area contributed by atoms with Gasteiger partial charge in [-0.3, -0.25) is 9.78 Å². The molecule has 2 rings (SSSR count). The summed E-state index contributed by atoms with van der Waals surface area (Å²) in [6.07, 6.45) is 2.56. The molecule has 0 bridgehead atoms. The molecule has 0 amide bonds. The number of carboxylic acids is 1. The number of nitrogens with zero attached hydrogens (tertiary/aromatic N) is 1. The normalized spacial score (nSPS) is 10.4. The van der Waals surface area contributed by atoms with Crippen molar-refractivity contribution in [3.63, 3.8) is 0 Å². The van der Waals surface area contributed by atoms with E-state index in [1.807, 2.05) is 43.5 Å². The van der Waals surface area contributed by atoms with Crippen molar-refractivity contribution >= 4 is 5.97 Å². The lowest BCUT2D eigenvalue weighted by atomic mass is 9.98. The Bertz CT molecular complexity index is 588. The minimum absolute atomic E-state index is 0.173. The molecule has 1 aromatic heterocycles. The topological polar surface area (TPSA) is 50.2 Å². The number of rotatable bonds is 4. The Morgan fingerprint density at radius 3 is 2.47 bits per heavy atom. The Balaban J connectivity index is 2.22. The SMILES string of the molecule is Cc1nccc(-c2ccc(CCC(=O)O)cc2)c1C. The van der Waals surface area contributed by atoms with Gasteiger partial charge in [0.1, 0.15) is 0 Å². The van der Waals surface area contributed by atoms with Gasteiger partial charge in [-0.2, -0.15) is 0 Å². The number of hydrogen-bond donors (Lipinski definition) is 1. The van der Waals surface area contributed by atoms with E-state index in [1.54, 1.807) is 0 Å². The van der Waals surface area contributed by atoms with E-state index in [4.69, 9.17) is 5.11 Å². The summed E-state index contributed by atoms with van der Waals surface area (Å²) in [6, 6.07) is 10.1. The second-order valence-corrected chi connectivity index (χ2v) is 4.66. The van der Waals surface area contributed by atoms with Gasteiger partial charge in [0.15, 0.2) is 0 Å².